The van der Waals surface area contributed by atoms with Crippen LogP contribution in [-0.4, -0.2) is 30.4 Å². The predicted octanol–water partition coefficient (Wildman–Crippen LogP) is 2.80. The molecule has 1 heterocycles. The highest BCUT2D eigenvalue weighted by Gasteiger charge is 2.12. The van der Waals surface area contributed by atoms with Gasteiger partial charge in [0.1, 0.15) is 5.76 Å². The van der Waals surface area contributed by atoms with Crippen molar-refractivity contribution < 1.29 is 18.2 Å². The Labute approximate surface area is 144 Å². The maximum absolute atomic E-state index is 12.2. The second-order valence-electron chi connectivity index (χ2n) is 5.58. The largest absolute Gasteiger partial charge is 0.455 e. The molecule has 0 fully saturated rings. The van der Waals surface area contributed by atoms with Crippen molar-refractivity contribution in [2.24, 2.45) is 0 Å². The molecule has 1 aromatic carbocycles. The second-order valence-corrected chi connectivity index (χ2v) is 7.04. The lowest BCUT2D eigenvalue weighted by molar-refractivity contribution is 0.0919. The van der Waals surface area contributed by atoms with Gasteiger partial charge < -0.3 is 14.5 Å². The normalized spacial score (nSPS) is 12.1. The highest BCUT2D eigenvalue weighted by atomic mass is 32.2. The Bertz CT molecular complexity index is 679. The van der Waals surface area contributed by atoms with E-state index in [4.69, 9.17) is 9.15 Å². The Hall–Kier alpha value is -1.92. The minimum Gasteiger partial charge on any atom is -0.455 e. The van der Waals surface area contributed by atoms with Gasteiger partial charge in [-0.3, -0.25) is 9.00 Å². The molecule has 0 saturated carbocycles. The van der Waals surface area contributed by atoms with Crippen LogP contribution in [0.25, 0.3) is 0 Å². The lowest BCUT2D eigenvalue weighted by atomic mass is 10.2. The molecule has 1 amide bonds. The summed E-state index contributed by atoms with van der Waals surface area (Å²) in [5.74, 6) is 1.31. The first-order chi connectivity index (χ1) is 11.6. The maximum Gasteiger partial charge on any atom is 0.286 e. The van der Waals surface area contributed by atoms with Crippen LogP contribution in [0, 0.1) is 6.92 Å². The van der Waals surface area contributed by atoms with Gasteiger partial charge in [0.15, 0.2) is 5.76 Å². The molecule has 2 aromatic rings. The first kappa shape index (κ1) is 18.4. The molecule has 1 aromatic heterocycles. The number of hydrogen-bond acceptors (Lipinski definition) is 4. The van der Waals surface area contributed by atoms with Gasteiger partial charge in [0.25, 0.3) is 5.91 Å². The summed E-state index contributed by atoms with van der Waals surface area (Å²) in [4.78, 5) is 11.9. The summed E-state index contributed by atoms with van der Waals surface area (Å²) in [7, 11) is 0.544. The van der Waals surface area contributed by atoms with Crippen molar-refractivity contribution in [1.29, 1.82) is 0 Å². The number of hydrogen-bond donors (Lipinski definition) is 1. The molecule has 0 bridgehead atoms. The average molecular weight is 349 g/mol. The Morgan fingerprint density at radius 1 is 1.17 bits per heavy atom. The van der Waals surface area contributed by atoms with Crippen LogP contribution in [-0.2, 0) is 27.0 Å². The molecule has 0 aliphatic carbocycles. The summed E-state index contributed by atoms with van der Waals surface area (Å²) >= 11 is 0. The van der Waals surface area contributed by atoms with Crippen LogP contribution in [0.4, 0.5) is 0 Å². The zero-order valence-electron chi connectivity index (χ0n) is 14.0. The van der Waals surface area contributed by atoms with Gasteiger partial charge in [-0.2, -0.15) is 0 Å². The minimum absolute atomic E-state index is 0.245. The SMILES string of the molecule is COCCCNC(=O)c1ccc(C[S@](=O)Cc2ccc(C)cc2)o1. The fraction of sp³-hybridized carbons (Fsp3) is 0.389. The zero-order valence-corrected chi connectivity index (χ0v) is 14.9. The van der Waals surface area contributed by atoms with E-state index in [0.29, 0.717) is 30.4 Å². The van der Waals surface area contributed by atoms with Gasteiger partial charge >= 0.3 is 0 Å². The van der Waals surface area contributed by atoms with Crippen LogP contribution < -0.4 is 5.32 Å². The number of ether oxygens (including phenoxy) is 1. The number of methoxy groups -OCH3 is 1. The number of benzene rings is 1. The summed E-state index contributed by atoms with van der Waals surface area (Å²) in [5.41, 5.74) is 2.21. The van der Waals surface area contributed by atoms with Crippen molar-refractivity contribution in [1.82, 2.24) is 5.32 Å². The first-order valence-corrected chi connectivity index (χ1v) is 9.33. The molecule has 0 aliphatic heterocycles. The van der Waals surface area contributed by atoms with Crippen molar-refractivity contribution in [3.8, 4) is 0 Å². The van der Waals surface area contributed by atoms with E-state index in [0.717, 1.165) is 12.0 Å². The molecule has 6 heteroatoms. The number of aryl methyl sites for hydroxylation is 1. The van der Waals surface area contributed by atoms with E-state index in [-0.39, 0.29) is 11.7 Å². The van der Waals surface area contributed by atoms with Crippen LogP contribution >= 0.6 is 0 Å². The molecule has 0 unspecified atom stereocenters. The van der Waals surface area contributed by atoms with Crippen LogP contribution in [0.5, 0.6) is 0 Å². The van der Waals surface area contributed by atoms with Gasteiger partial charge in [0.05, 0.1) is 5.75 Å². The molecule has 130 valence electrons. The number of rotatable bonds is 9. The van der Waals surface area contributed by atoms with E-state index in [1.807, 2.05) is 31.2 Å². The van der Waals surface area contributed by atoms with E-state index in [2.05, 4.69) is 5.32 Å². The predicted molar refractivity (Wildman–Crippen MR) is 94.3 cm³/mol. The molecule has 2 rings (SSSR count). The van der Waals surface area contributed by atoms with E-state index in [1.165, 1.54) is 5.56 Å². The molecule has 24 heavy (non-hydrogen) atoms. The number of nitrogens with one attached hydrogen (secondary N) is 1. The summed E-state index contributed by atoms with van der Waals surface area (Å²) in [6.07, 6.45) is 0.746. The van der Waals surface area contributed by atoms with Crippen molar-refractivity contribution in [3.63, 3.8) is 0 Å². The monoisotopic (exact) mass is 349 g/mol. The summed E-state index contributed by atoms with van der Waals surface area (Å²) in [5, 5.41) is 2.76. The van der Waals surface area contributed by atoms with Gasteiger partial charge in [-0.05, 0) is 31.0 Å². The zero-order chi connectivity index (χ0) is 17.4. The van der Waals surface area contributed by atoms with Gasteiger partial charge in [-0.1, -0.05) is 29.8 Å². The number of carbonyl (C=O) groups is 1. The number of carbonyl (C=O) groups excluding carboxylic acids is 1. The van der Waals surface area contributed by atoms with Crippen molar-refractivity contribution in [2.45, 2.75) is 24.9 Å². The molecular formula is C18H23NO4S. The Morgan fingerprint density at radius 2 is 1.92 bits per heavy atom. The van der Waals surface area contributed by atoms with E-state index < -0.39 is 10.8 Å². The summed E-state index contributed by atoms with van der Waals surface area (Å²) in [6.45, 7) is 3.15. The van der Waals surface area contributed by atoms with Crippen LogP contribution in [0.15, 0.2) is 40.8 Å². The van der Waals surface area contributed by atoms with Gasteiger partial charge in [0.2, 0.25) is 0 Å². The average Bonchev–Trinajstić information content (AvgIpc) is 3.02. The Balaban J connectivity index is 1.83. The molecule has 1 N–H and O–H groups in total. The van der Waals surface area contributed by atoms with Crippen LogP contribution in [0.2, 0.25) is 0 Å². The van der Waals surface area contributed by atoms with E-state index in [1.54, 1.807) is 19.2 Å². The van der Waals surface area contributed by atoms with E-state index in [9.17, 15) is 9.00 Å². The first-order valence-electron chi connectivity index (χ1n) is 7.85. The van der Waals surface area contributed by atoms with Crippen molar-refractivity contribution >= 4 is 16.7 Å². The third-order valence-corrected chi connectivity index (χ3v) is 4.71. The quantitative estimate of drug-likeness (QED) is 0.707. The Kier molecular flexibility index (Phi) is 7.21. The summed E-state index contributed by atoms with van der Waals surface area (Å²) in [6, 6.07) is 11.3. The maximum atomic E-state index is 12.2. The smallest absolute Gasteiger partial charge is 0.286 e. The lowest BCUT2D eigenvalue weighted by Crippen LogP contribution is -2.24. The minimum atomic E-state index is -1.08. The van der Waals surface area contributed by atoms with Crippen molar-refractivity contribution in [2.75, 3.05) is 20.3 Å². The Morgan fingerprint density at radius 3 is 2.62 bits per heavy atom. The third kappa shape index (κ3) is 5.94. The number of furan rings is 1. The van der Waals surface area contributed by atoms with Gasteiger partial charge in [-0.25, -0.2) is 0 Å². The third-order valence-electron chi connectivity index (χ3n) is 3.45. The fourth-order valence-corrected chi connectivity index (χ4v) is 3.30. The molecule has 0 spiro atoms. The molecule has 1 atom stereocenters. The highest BCUT2D eigenvalue weighted by molar-refractivity contribution is 7.83. The number of amides is 1. The highest BCUT2D eigenvalue weighted by Crippen LogP contribution is 2.13. The van der Waals surface area contributed by atoms with E-state index >= 15 is 0 Å². The lowest BCUT2D eigenvalue weighted by Gasteiger charge is -2.03. The summed E-state index contributed by atoms with van der Waals surface area (Å²) < 4.78 is 22.6. The van der Waals surface area contributed by atoms with Crippen LogP contribution in [0.3, 0.4) is 0 Å². The fourth-order valence-electron chi connectivity index (χ4n) is 2.16. The molecule has 0 radical (unpaired) electrons. The topological polar surface area (TPSA) is 68.5 Å². The standard InChI is InChI=1S/C18H23NO4S/c1-14-4-6-15(7-5-14)12-24(21)13-16-8-9-17(23-16)18(20)19-10-3-11-22-2/h4-9H,3,10-13H2,1-2H3,(H,19,20)/t24-/m1/s1. The van der Waals surface area contributed by atoms with Crippen molar-refractivity contribution in [3.05, 3.63) is 59.0 Å². The molecule has 0 aliphatic rings. The van der Waals surface area contributed by atoms with Crippen LogP contribution in [0.1, 0.15) is 33.9 Å². The van der Waals surface area contributed by atoms with Gasteiger partial charge in [0, 0.05) is 36.8 Å². The molecular weight excluding hydrogens is 326 g/mol. The van der Waals surface area contributed by atoms with Gasteiger partial charge in [-0.15, -0.1) is 0 Å². The molecule has 5 nitrogen and oxygen atoms in total. The second kappa shape index (κ2) is 9.39. The molecule has 0 saturated heterocycles.